The highest BCUT2D eigenvalue weighted by molar-refractivity contribution is 6.09. The van der Waals surface area contributed by atoms with E-state index in [0.29, 0.717) is 17.9 Å². The SMILES string of the molecule is C[C@@H]1CCCC[C@]12NC(=O)N(CC(=O)NCc1ccc(Oc3ccc(F)cc3)cc1)C2=O. The largest absolute Gasteiger partial charge is 0.457 e. The van der Waals surface area contributed by atoms with Crippen molar-refractivity contribution in [2.24, 2.45) is 5.92 Å². The van der Waals surface area contributed by atoms with Crippen LogP contribution >= 0.6 is 0 Å². The Labute approximate surface area is 185 Å². The monoisotopic (exact) mass is 439 g/mol. The van der Waals surface area contributed by atoms with Crippen LogP contribution in [0.4, 0.5) is 9.18 Å². The molecule has 0 radical (unpaired) electrons. The Morgan fingerprint density at radius 1 is 1.12 bits per heavy atom. The number of hydrogen-bond acceptors (Lipinski definition) is 4. The van der Waals surface area contributed by atoms with Gasteiger partial charge in [0.15, 0.2) is 0 Å². The zero-order chi connectivity index (χ0) is 22.7. The maximum atomic E-state index is 13.0. The van der Waals surface area contributed by atoms with Gasteiger partial charge in [0.05, 0.1) is 0 Å². The lowest BCUT2D eigenvalue weighted by Crippen LogP contribution is -2.54. The van der Waals surface area contributed by atoms with Crippen molar-refractivity contribution < 1.29 is 23.5 Å². The molecule has 0 bridgehead atoms. The number of halogens is 1. The molecule has 8 heteroatoms. The second kappa shape index (κ2) is 8.98. The molecular formula is C24H26FN3O4. The second-order valence-electron chi connectivity index (χ2n) is 8.42. The highest BCUT2D eigenvalue weighted by Crippen LogP contribution is 2.38. The van der Waals surface area contributed by atoms with Crippen LogP contribution < -0.4 is 15.4 Å². The Balaban J connectivity index is 1.30. The minimum atomic E-state index is -0.865. The standard InChI is InChI=1S/C24H26FN3O4/c1-16-4-2-3-13-24(16)22(30)28(23(31)27-24)15-21(29)26-14-17-5-9-19(10-6-17)32-20-11-7-18(25)8-12-20/h5-12,16H,2-4,13-15H2,1H3,(H,26,29)(H,27,31)/t16-,24+/m1/s1. The second-order valence-corrected chi connectivity index (χ2v) is 8.42. The average Bonchev–Trinajstić information content (AvgIpc) is 3.02. The van der Waals surface area contributed by atoms with Crippen molar-refractivity contribution in [2.75, 3.05) is 6.54 Å². The molecule has 1 heterocycles. The van der Waals surface area contributed by atoms with Crippen LogP contribution in [0, 0.1) is 11.7 Å². The lowest BCUT2D eigenvalue weighted by Gasteiger charge is -2.36. The number of nitrogens with zero attached hydrogens (tertiary/aromatic N) is 1. The maximum absolute atomic E-state index is 13.0. The first-order valence-electron chi connectivity index (χ1n) is 10.8. The summed E-state index contributed by atoms with van der Waals surface area (Å²) in [6.07, 6.45) is 3.42. The van der Waals surface area contributed by atoms with Crippen molar-refractivity contribution in [3.05, 3.63) is 59.9 Å². The molecule has 2 fully saturated rings. The molecule has 7 nitrogen and oxygen atoms in total. The maximum Gasteiger partial charge on any atom is 0.325 e. The van der Waals surface area contributed by atoms with E-state index in [-0.39, 0.29) is 30.7 Å². The number of urea groups is 1. The molecule has 1 saturated heterocycles. The third-order valence-electron chi connectivity index (χ3n) is 6.27. The lowest BCUT2D eigenvalue weighted by atomic mass is 9.73. The molecule has 4 rings (SSSR count). The fourth-order valence-corrected chi connectivity index (χ4v) is 4.35. The normalized spacial score (nSPS) is 22.7. The summed E-state index contributed by atoms with van der Waals surface area (Å²) < 4.78 is 18.6. The molecule has 2 aromatic rings. The van der Waals surface area contributed by atoms with Crippen molar-refractivity contribution in [3.8, 4) is 11.5 Å². The molecule has 1 spiro atoms. The summed E-state index contributed by atoms with van der Waals surface area (Å²) in [5, 5.41) is 5.60. The van der Waals surface area contributed by atoms with Gasteiger partial charge in [-0.3, -0.25) is 14.5 Å². The molecule has 168 valence electrons. The van der Waals surface area contributed by atoms with E-state index in [1.165, 1.54) is 24.3 Å². The summed E-state index contributed by atoms with van der Waals surface area (Å²) in [4.78, 5) is 38.8. The summed E-state index contributed by atoms with van der Waals surface area (Å²) in [5.74, 6) is 0.119. The highest BCUT2D eigenvalue weighted by Gasteiger charge is 2.55. The molecule has 1 saturated carbocycles. The summed E-state index contributed by atoms with van der Waals surface area (Å²) in [6.45, 7) is 1.93. The smallest absolute Gasteiger partial charge is 0.325 e. The van der Waals surface area contributed by atoms with Gasteiger partial charge in [0.1, 0.15) is 29.4 Å². The first-order chi connectivity index (χ1) is 15.4. The van der Waals surface area contributed by atoms with Gasteiger partial charge in [-0.1, -0.05) is 31.9 Å². The van der Waals surface area contributed by atoms with Gasteiger partial charge in [0.25, 0.3) is 5.91 Å². The average molecular weight is 439 g/mol. The molecule has 4 amide bonds. The molecule has 2 atom stereocenters. The zero-order valence-corrected chi connectivity index (χ0v) is 17.9. The van der Waals surface area contributed by atoms with Crippen LogP contribution in [0.3, 0.4) is 0 Å². The van der Waals surface area contributed by atoms with Crippen LogP contribution in [-0.4, -0.2) is 34.8 Å². The molecular weight excluding hydrogens is 413 g/mol. The third-order valence-corrected chi connectivity index (χ3v) is 6.27. The molecule has 2 N–H and O–H groups in total. The van der Waals surface area contributed by atoms with E-state index in [0.717, 1.165) is 29.7 Å². The number of rotatable bonds is 6. The minimum Gasteiger partial charge on any atom is -0.457 e. The van der Waals surface area contributed by atoms with E-state index in [1.807, 2.05) is 6.92 Å². The fourth-order valence-electron chi connectivity index (χ4n) is 4.35. The third kappa shape index (κ3) is 4.44. The predicted molar refractivity (Wildman–Crippen MR) is 115 cm³/mol. The van der Waals surface area contributed by atoms with Crippen molar-refractivity contribution in [2.45, 2.75) is 44.7 Å². The van der Waals surface area contributed by atoms with Gasteiger partial charge in [-0.2, -0.15) is 0 Å². The van der Waals surface area contributed by atoms with Crippen LogP contribution in [0.1, 0.15) is 38.2 Å². The zero-order valence-electron chi connectivity index (χ0n) is 17.9. The lowest BCUT2D eigenvalue weighted by molar-refractivity contribution is -0.137. The van der Waals surface area contributed by atoms with Crippen molar-refractivity contribution in [3.63, 3.8) is 0 Å². The number of carbonyl (C=O) groups is 3. The number of amides is 4. The predicted octanol–water partition coefficient (Wildman–Crippen LogP) is 3.73. The van der Waals surface area contributed by atoms with E-state index in [2.05, 4.69) is 10.6 Å². The van der Waals surface area contributed by atoms with E-state index in [1.54, 1.807) is 24.3 Å². The Morgan fingerprint density at radius 3 is 2.44 bits per heavy atom. The summed E-state index contributed by atoms with van der Waals surface area (Å²) >= 11 is 0. The van der Waals surface area contributed by atoms with E-state index in [4.69, 9.17) is 4.74 Å². The first kappa shape index (κ1) is 21.8. The highest BCUT2D eigenvalue weighted by atomic mass is 19.1. The van der Waals surface area contributed by atoms with Gasteiger partial charge in [-0.05, 0) is 60.7 Å². The topological polar surface area (TPSA) is 87.7 Å². The van der Waals surface area contributed by atoms with Crippen LogP contribution in [0.5, 0.6) is 11.5 Å². The molecule has 32 heavy (non-hydrogen) atoms. The Kier molecular flexibility index (Phi) is 6.12. The molecule has 2 aliphatic rings. The summed E-state index contributed by atoms with van der Waals surface area (Å²) in [6, 6.07) is 12.3. The summed E-state index contributed by atoms with van der Waals surface area (Å²) in [7, 11) is 0. The molecule has 1 aliphatic carbocycles. The Morgan fingerprint density at radius 2 is 1.78 bits per heavy atom. The number of ether oxygens (including phenoxy) is 1. The fraction of sp³-hybridized carbons (Fsp3) is 0.375. The number of imide groups is 1. The van der Waals surface area contributed by atoms with Crippen LogP contribution in [0.15, 0.2) is 48.5 Å². The molecule has 0 aromatic heterocycles. The first-order valence-corrected chi connectivity index (χ1v) is 10.8. The minimum absolute atomic E-state index is 0.0522. The van der Waals surface area contributed by atoms with E-state index >= 15 is 0 Å². The van der Waals surface area contributed by atoms with Crippen LogP contribution in [0.2, 0.25) is 0 Å². The van der Waals surface area contributed by atoms with Gasteiger partial charge in [-0.15, -0.1) is 0 Å². The van der Waals surface area contributed by atoms with Gasteiger partial charge < -0.3 is 15.4 Å². The number of nitrogens with one attached hydrogen (secondary N) is 2. The quantitative estimate of drug-likeness (QED) is 0.672. The van der Waals surface area contributed by atoms with Gasteiger partial charge in [-0.25, -0.2) is 9.18 Å². The molecule has 0 unspecified atom stereocenters. The van der Waals surface area contributed by atoms with E-state index < -0.39 is 17.5 Å². The van der Waals surface area contributed by atoms with Crippen LogP contribution in [0.25, 0.3) is 0 Å². The van der Waals surface area contributed by atoms with Crippen molar-refractivity contribution in [1.82, 2.24) is 15.5 Å². The Bertz CT molecular complexity index is 1010. The number of benzene rings is 2. The van der Waals surface area contributed by atoms with Gasteiger partial charge in [0, 0.05) is 6.54 Å². The summed E-state index contributed by atoms with van der Waals surface area (Å²) in [5.41, 5.74) is -0.0324. The van der Waals surface area contributed by atoms with Gasteiger partial charge >= 0.3 is 6.03 Å². The van der Waals surface area contributed by atoms with Crippen molar-refractivity contribution in [1.29, 1.82) is 0 Å². The molecule has 2 aromatic carbocycles. The van der Waals surface area contributed by atoms with Crippen LogP contribution in [-0.2, 0) is 16.1 Å². The van der Waals surface area contributed by atoms with Gasteiger partial charge in [0.2, 0.25) is 5.91 Å². The van der Waals surface area contributed by atoms with E-state index in [9.17, 15) is 18.8 Å². The molecule has 1 aliphatic heterocycles. The Hall–Kier alpha value is -3.42. The number of hydrogen-bond donors (Lipinski definition) is 2. The van der Waals surface area contributed by atoms with Crippen molar-refractivity contribution >= 4 is 17.8 Å². The number of carbonyl (C=O) groups excluding carboxylic acids is 3.